The molecule has 1 aromatic rings. The molecule has 2 heteroatoms. The van der Waals surface area contributed by atoms with Crippen molar-refractivity contribution < 1.29 is 5.11 Å². The highest BCUT2D eigenvalue weighted by molar-refractivity contribution is 5.33. The third kappa shape index (κ3) is 3.80. The first-order chi connectivity index (χ1) is 10.6. The summed E-state index contributed by atoms with van der Waals surface area (Å²) in [5.74, 6) is 0.383. The van der Waals surface area contributed by atoms with Gasteiger partial charge in [-0.05, 0) is 74.5 Å². The molecule has 0 fully saturated rings. The standard InChI is InChI=1S/C20H29NO/c1-20(22,19-9-3-2-4-10-19)15-21-14-16-11-12-17-7-5-6-8-18(17)13-16/h2-3,11-13,19,21-22H,4-10,14-15H2,1H3. The molecule has 22 heavy (non-hydrogen) atoms. The van der Waals surface area contributed by atoms with Crippen LogP contribution in [0.2, 0.25) is 0 Å². The molecular weight excluding hydrogens is 270 g/mol. The minimum atomic E-state index is -0.612. The van der Waals surface area contributed by atoms with Crippen LogP contribution in [-0.2, 0) is 19.4 Å². The molecule has 0 aromatic heterocycles. The molecule has 3 rings (SSSR count). The third-order valence-electron chi connectivity index (χ3n) is 5.37. The lowest BCUT2D eigenvalue weighted by Crippen LogP contribution is -2.44. The summed E-state index contributed by atoms with van der Waals surface area (Å²) in [6.07, 6.45) is 12.8. The van der Waals surface area contributed by atoms with E-state index in [1.165, 1.54) is 42.4 Å². The number of fused-ring (bicyclic) bond motifs is 1. The van der Waals surface area contributed by atoms with Gasteiger partial charge in [0.2, 0.25) is 0 Å². The second-order valence-electron chi connectivity index (χ2n) is 7.25. The molecule has 0 amide bonds. The Balaban J connectivity index is 1.53. The van der Waals surface area contributed by atoms with Crippen LogP contribution in [-0.4, -0.2) is 17.3 Å². The molecule has 2 aliphatic carbocycles. The Morgan fingerprint density at radius 2 is 2.00 bits per heavy atom. The molecule has 0 spiro atoms. The van der Waals surface area contributed by atoms with Gasteiger partial charge in [0.05, 0.1) is 5.60 Å². The lowest BCUT2D eigenvalue weighted by molar-refractivity contribution is -0.00413. The van der Waals surface area contributed by atoms with Gasteiger partial charge in [0, 0.05) is 13.1 Å². The van der Waals surface area contributed by atoms with Crippen LogP contribution in [0.5, 0.6) is 0 Å². The van der Waals surface area contributed by atoms with Crippen LogP contribution >= 0.6 is 0 Å². The fourth-order valence-corrected chi connectivity index (χ4v) is 3.86. The fourth-order valence-electron chi connectivity index (χ4n) is 3.86. The van der Waals surface area contributed by atoms with E-state index in [0.29, 0.717) is 12.5 Å². The molecule has 1 aromatic carbocycles. The van der Waals surface area contributed by atoms with Crippen LogP contribution in [0.15, 0.2) is 30.4 Å². The molecular formula is C20H29NO. The van der Waals surface area contributed by atoms with E-state index >= 15 is 0 Å². The first-order valence-electron chi connectivity index (χ1n) is 8.84. The molecule has 120 valence electrons. The van der Waals surface area contributed by atoms with Gasteiger partial charge in [0.15, 0.2) is 0 Å². The van der Waals surface area contributed by atoms with Crippen LogP contribution in [0.1, 0.15) is 55.7 Å². The van der Waals surface area contributed by atoms with E-state index in [1.807, 2.05) is 6.92 Å². The lowest BCUT2D eigenvalue weighted by Gasteiger charge is -2.34. The first-order valence-corrected chi connectivity index (χ1v) is 8.84. The van der Waals surface area contributed by atoms with Crippen molar-refractivity contribution in [3.05, 3.63) is 47.0 Å². The number of rotatable bonds is 5. The molecule has 2 unspecified atom stereocenters. The highest BCUT2D eigenvalue weighted by Gasteiger charge is 2.31. The van der Waals surface area contributed by atoms with Gasteiger partial charge < -0.3 is 10.4 Å². The van der Waals surface area contributed by atoms with Crippen LogP contribution in [0.4, 0.5) is 0 Å². The molecule has 0 saturated carbocycles. The van der Waals surface area contributed by atoms with Crippen LogP contribution < -0.4 is 5.32 Å². The number of nitrogens with one attached hydrogen (secondary N) is 1. The summed E-state index contributed by atoms with van der Waals surface area (Å²) in [6, 6.07) is 6.91. The van der Waals surface area contributed by atoms with E-state index in [1.54, 1.807) is 0 Å². The number of aryl methyl sites for hydroxylation is 2. The topological polar surface area (TPSA) is 32.3 Å². The van der Waals surface area contributed by atoms with Crippen molar-refractivity contribution in [1.82, 2.24) is 5.32 Å². The van der Waals surface area contributed by atoms with Crippen molar-refractivity contribution in [2.75, 3.05) is 6.54 Å². The first kappa shape index (κ1) is 15.8. The van der Waals surface area contributed by atoms with Crippen molar-refractivity contribution >= 4 is 0 Å². The number of benzene rings is 1. The average Bonchev–Trinajstić information content (AvgIpc) is 2.55. The maximum Gasteiger partial charge on any atom is 0.0774 e. The van der Waals surface area contributed by atoms with E-state index in [4.69, 9.17) is 0 Å². The quantitative estimate of drug-likeness (QED) is 0.811. The average molecular weight is 299 g/mol. The van der Waals surface area contributed by atoms with Crippen molar-refractivity contribution in [3.63, 3.8) is 0 Å². The van der Waals surface area contributed by atoms with Gasteiger partial charge in [-0.2, -0.15) is 0 Å². The smallest absolute Gasteiger partial charge is 0.0774 e. The highest BCUT2D eigenvalue weighted by atomic mass is 16.3. The summed E-state index contributed by atoms with van der Waals surface area (Å²) in [6.45, 7) is 3.51. The van der Waals surface area contributed by atoms with E-state index < -0.39 is 5.60 Å². The summed E-state index contributed by atoms with van der Waals surface area (Å²) >= 11 is 0. The van der Waals surface area contributed by atoms with Gasteiger partial charge in [-0.15, -0.1) is 0 Å². The Hall–Kier alpha value is -1.12. The van der Waals surface area contributed by atoms with Gasteiger partial charge in [-0.25, -0.2) is 0 Å². The predicted octanol–water partition coefficient (Wildman–Crippen LogP) is 3.76. The van der Waals surface area contributed by atoms with Gasteiger partial charge in [0.1, 0.15) is 0 Å². The minimum absolute atomic E-state index is 0.383. The number of aliphatic hydroxyl groups is 1. The highest BCUT2D eigenvalue weighted by Crippen LogP contribution is 2.29. The molecule has 2 nitrogen and oxygen atoms in total. The molecule has 0 heterocycles. The normalized spacial score (nSPS) is 23.8. The van der Waals surface area contributed by atoms with E-state index in [0.717, 1.165) is 25.8 Å². The maximum absolute atomic E-state index is 10.7. The molecule has 2 N–H and O–H groups in total. The summed E-state index contributed by atoms with van der Waals surface area (Å²) in [4.78, 5) is 0. The van der Waals surface area contributed by atoms with Gasteiger partial charge in [-0.3, -0.25) is 0 Å². The zero-order valence-electron chi connectivity index (χ0n) is 13.8. The Labute approximate surface area is 134 Å². The van der Waals surface area contributed by atoms with Crippen molar-refractivity contribution in [2.45, 2.75) is 64.0 Å². The zero-order chi connectivity index (χ0) is 15.4. The van der Waals surface area contributed by atoms with Crippen molar-refractivity contribution in [3.8, 4) is 0 Å². The molecule has 2 atom stereocenters. The number of hydrogen-bond acceptors (Lipinski definition) is 2. The second kappa shape index (κ2) is 6.97. The van der Waals surface area contributed by atoms with Gasteiger partial charge in [0.25, 0.3) is 0 Å². The lowest BCUT2D eigenvalue weighted by atomic mass is 9.80. The maximum atomic E-state index is 10.7. The Kier molecular flexibility index (Phi) is 5.00. The fraction of sp³-hybridized carbons (Fsp3) is 0.600. The molecule has 0 aliphatic heterocycles. The molecule has 0 bridgehead atoms. The second-order valence-corrected chi connectivity index (χ2v) is 7.25. The Morgan fingerprint density at radius 3 is 2.77 bits per heavy atom. The van der Waals surface area contributed by atoms with Crippen molar-refractivity contribution in [1.29, 1.82) is 0 Å². The van der Waals surface area contributed by atoms with Crippen LogP contribution in [0.25, 0.3) is 0 Å². The zero-order valence-corrected chi connectivity index (χ0v) is 13.8. The molecule has 2 aliphatic rings. The van der Waals surface area contributed by atoms with Crippen LogP contribution in [0, 0.1) is 5.92 Å². The SMILES string of the molecule is CC(O)(CNCc1ccc2c(c1)CCCC2)C1CC=CCC1. The third-order valence-corrected chi connectivity index (χ3v) is 5.37. The monoisotopic (exact) mass is 299 g/mol. The molecule has 0 saturated heterocycles. The van der Waals surface area contributed by atoms with E-state index in [-0.39, 0.29) is 0 Å². The van der Waals surface area contributed by atoms with Crippen molar-refractivity contribution in [2.24, 2.45) is 5.92 Å². The summed E-state index contributed by atoms with van der Waals surface area (Å²) in [5, 5.41) is 14.2. The van der Waals surface area contributed by atoms with Crippen LogP contribution in [0.3, 0.4) is 0 Å². The summed E-state index contributed by atoms with van der Waals surface area (Å²) in [5.41, 5.74) is 3.81. The summed E-state index contributed by atoms with van der Waals surface area (Å²) < 4.78 is 0. The Morgan fingerprint density at radius 1 is 1.18 bits per heavy atom. The predicted molar refractivity (Wildman–Crippen MR) is 91.9 cm³/mol. The van der Waals surface area contributed by atoms with Gasteiger partial charge in [-0.1, -0.05) is 30.4 Å². The van der Waals surface area contributed by atoms with E-state index in [9.17, 15) is 5.11 Å². The minimum Gasteiger partial charge on any atom is -0.389 e. The largest absolute Gasteiger partial charge is 0.389 e. The summed E-state index contributed by atoms with van der Waals surface area (Å²) in [7, 11) is 0. The number of allylic oxidation sites excluding steroid dienone is 2. The van der Waals surface area contributed by atoms with E-state index in [2.05, 4.69) is 35.7 Å². The van der Waals surface area contributed by atoms with Gasteiger partial charge >= 0.3 is 0 Å². The Bertz CT molecular complexity index is 533. The number of hydrogen-bond donors (Lipinski definition) is 2. The molecule has 0 radical (unpaired) electrons.